The van der Waals surface area contributed by atoms with Crippen LogP contribution < -0.4 is 19.4 Å². The lowest BCUT2D eigenvalue weighted by Gasteiger charge is -2.38. The number of carbonyl (C=O) groups is 1. The molecule has 0 saturated heterocycles. The number of hydrogen-bond donors (Lipinski definition) is 0. The fourth-order valence-corrected chi connectivity index (χ4v) is 4.75. The van der Waals surface area contributed by atoms with Gasteiger partial charge in [0.2, 0.25) is 0 Å². The Morgan fingerprint density at radius 1 is 1.22 bits per heavy atom. The molecule has 0 spiro atoms. The molecule has 0 N–H and O–H groups in total. The lowest BCUT2D eigenvalue weighted by atomic mass is 9.92. The van der Waals surface area contributed by atoms with Crippen molar-refractivity contribution in [1.29, 1.82) is 0 Å². The maximum absolute atomic E-state index is 13.1. The van der Waals surface area contributed by atoms with E-state index in [0.717, 1.165) is 19.2 Å². The van der Waals surface area contributed by atoms with Gasteiger partial charge >= 0.3 is 21.6 Å². The second-order valence-corrected chi connectivity index (χ2v) is 10.1. The molecule has 10 nitrogen and oxygen atoms in total. The highest BCUT2D eigenvalue weighted by atomic mass is 32.2. The highest BCUT2D eigenvalue weighted by molar-refractivity contribution is 7.88. The highest BCUT2D eigenvalue weighted by Crippen LogP contribution is 2.48. The van der Waals surface area contributed by atoms with Crippen molar-refractivity contribution in [1.82, 2.24) is 4.68 Å². The lowest BCUT2D eigenvalue weighted by molar-refractivity contribution is -0.0500. The van der Waals surface area contributed by atoms with Crippen LogP contribution in [-0.2, 0) is 32.6 Å². The van der Waals surface area contributed by atoms with Gasteiger partial charge in [0.15, 0.2) is 16.9 Å². The standard InChI is InChI=1S/C22H23F3N2O8S/c1-11(2)26-8-15-13(17-7-18(28)16(9-27(17)26)21(29)33-4)6-19(35-36(30,31)22(23,24)25)20-14(15)5-12(34-20)10-32-3/h6-7,9,11-12H,5,8,10H2,1-4H3. The van der Waals surface area contributed by atoms with Crippen molar-refractivity contribution in [2.24, 2.45) is 0 Å². The molecule has 0 bridgehead atoms. The molecule has 4 rings (SSSR count). The number of nitrogens with zero attached hydrogens (tertiary/aromatic N) is 2. The predicted molar refractivity (Wildman–Crippen MR) is 120 cm³/mol. The SMILES string of the molecule is COCC1Cc2c3c(cc(OS(=O)(=O)C(F)(F)F)c2O1)-c1cc(=O)c(C(=O)OC)cn1N(C(C)C)C3. The second-order valence-electron chi connectivity index (χ2n) is 8.56. The van der Waals surface area contributed by atoms with Crippen LogP contribution in [0.3, 0.4) is 0 Å². The number of aromatic nitrogens is 1. The fraction of sp³-hybridized carbons (Fsp3) is 0.455. The van der Waals surface area contributed by atoms with Crippen LogP contribution in [0.15, 0.2) is 23.1 Å². The molecule has 36 heavy (non-hydrogen) atoms. The number of carbonyl (C=O) groups excluding carboxylic acids is 1. The molecule has 3 heterocycles. The minimum atomic E-state index is -6.01. The van der Waals surface area contributed by atoms with Gasteiger partial charge in [0, 0.05) is 43.0 Å². The van der Waals surface area contributed by atoms with E-state index in [2.05, 4.69) is 8.92 Å². The molecule has 1 aromatic carbocycles. The van der Waals surface area contributed by atoms with Crippen molar-refractivity contribution in [2.45, 2.75) is 44.5 Å². The summed E-state index contributed by atoms with van der Waals surface area (Å²) in [5.74, 6) is -1.64. The third-order valence-electron chi connectivity index (χ3n) is 5.92. The smallest absolute Gasteiger partial charge is 0.483 e. The first-order valence-electron chi connectivity index (χ1n) is 10.8. The molecule has 2 aliphatic heterocycles. The van der Waals surface area contributed by atoms with Gasteiger partial charge in [-0.1, -0.05) is 0 Å². The van der Waals surface area contributed by atoms with Crippen LogP contribution in [0.4, 0.5) is 13.2 Å². The van der Waals surface area contributed by atoms with Crippen molar-refractivity contribution in [3.63, 3.8) is 0 Å². The number of halogens is 3. The van der Waals surface area contributed by atoms with E-state index in [0.29, 0.717) is 11.1 Å². The van der Waals surface area contributed by atoms with Gasteiger partial charge in [-0.15, -0.1) is 0 Å². The second kappa shape index (κ2) is 9.00. The first-order chi connectivity index (χ1) is 16.8. The van der Waals surface area contributed by atoms with Gasteiger partial charge in [0.25, 0.3) is 0 Å². The molecule has 14 heteroatoms. The van der Waals surface area contributed by atoms with Crippen molar-refractivity contribution in [3.05, 3.63) is 45.2 Å². The number of benzene rings is 1. The molecule has 1 unspecified atom stereocenters. The molecule has 1 aromatic heterocycles. The van der Waals surface area contributed by atoms with E-state index in [-0.39, 0.29) is 48.2 Å². The Bertz CT molecular complexity index is 1390. The number of pyridine rings is 1. The summed E-state index contributed by atoms with van der Waals surface area (Å²) >= 11 is 0. The molecule has 0 amide bonds. The van der Waals surface area contributed by atoms with Crippen molar-refractivity contribution >= 4 is 16.1 Å². The fourth-order valence-electron chi connectivity index (χ4n) is 4.30. The molecular weight excluding hydrogens is 509 g/mol. The summed E-state index contributed by atoms with van der Waals surface area (Å²) in [4.78, 5) is 24.9. The van der Waals surface area contributed by atoms with Crippen molar-refractivity contribution < 1.29 is 44.8 Å². The van der Waals surface area contributed by atoms with E-state index >= 15 is 0 Å². The normalized spacial score (nSPS) is 16.8. The molecule has 196 valence electrons. The Hall–Kier alpha value is -3.26. The Morgan fingerprint density at radius 2 is 1.92 bits per heavy atom. The van der Waals surface area contributed by atoms with Crippen molar-refractivity contribution in [2.75, 3.05) is 25.8 Å². The molecular formula is C22H23F3N2O8S. The van der Waals surface area contributed by atoms with Crippen LogP contribution in [-0.4, -0.2) is 57.5 Å². The number of ether oxygens (including phenoxy) is 3. The highest BCUT2D eigenvalue weighted by Gasteiger charge is 2.49. The Labute approximate surface area is 204 Å². The van der Waals surface area contributed by atoms with Gasteiger partial charge in [-0.25, -0.2) is 4.79 Å². The van der Waals surface area contributed by atoms with Crippen molar-refractivity contribution in [3.8, 4) is 22.8 Å². The van der Waals surface area contributed by atoms with Gasteiger partial charge in [0.1, 0.15) is 11.7 Å². The molecule has 0 saturated carbocycles. The zero-order valence-corrected chi connectivity index (χ0v) is 20.5. The van der Waals surface area contributed by atoms with E-state index in [1.165, 1.54) is 18.0 Å². The van der Waals surface area contributed by atoms with Gasteiger partial charge in [-0.2, -0.15) is 21.6 Å². The Morgan fingerprint density at radius 3 is 2.50 bits per heavy atom. The van der Waals surface area contributed by atoms with Gasteiger partial charge < -0.3 is 23.4 Å². The van der Waals surface area contributed by atoms with E-state index in [4.69, 9.17) is 9.47 Å². The summed E-state index contributed by atoms with van der Waals surface area (Å²) in [6.07, 6.45) is 0.910. The lowest BCUT2D eigenvalue weighted by Crippen LogP contribution is -2.44. The number of fused-ring (bicyclic) bond motifs is 5. The largest absolute Gasteiger partial charge is 0.534 e. The third kappa shape index (κ3) is 4.28. The first kappa shape index (κ1) is 25.8. The average Bonchev–Trinajstić information content (AvgIpc) is 3.21. The number of esters is 1. The predicted octanol–water partition coefficient (Wildman–Crippen LogP) is 2.34. The van der Waals surface area contributed by atoms with Gasteiger partial charge in [0.05, 0.1) is 26.0 Å². The van der Waals surface area contributed by atoms with Crippen LogP contribution in [0.5, 0.6) is 11.5 Å². The minimum absolute atomic E-state index is 0.0986. The summed E-state index contributed by atoms with van der Waals surface area (Å²) in [5, 5.41) is 1.83. The van der Waals surface area contributed by atoms with E-state index in [1.54, 1.807) is 0 Å². The van der Waals surface area contributed by atoms with Crippen LogP contribution in [0, 0.1) is 0 Å². The van der Waals surface area contributed by atoms with Crippen LogP contribution >= 0.6 is 0 Å². The Balaban J connectivity index is 1.98. The number of methoxy groups -OCH3 is 2. The van der Waals surface area contributed by atoms with Crippen LogP contribution in [0.1, 0.15) is 35.3 Å². The number of hydrogen-bond acceptors (Lipinski definition) is 9. The topological polar surface area (TPSA) is 113 Å². The zero-order chi connectivity index (χ0) is 26.6. The summed E-state index contributed by atoms with van der Waals surface area (Å²) in [6.45, 7) is 4.08. The maximum atomic E-state index is 13.1. The number of alkyl halides is 3. The summed E-state index contributed by atoms with van der Waals surface area (Å²) in [6, 6.07) is 2.11. The summed E-state index contributed by atoms with van der Waals surface area (Å²) < 4.78 is 84.6. The molecule has 1 atom stereocenters. The molecule has 2 aromatic rings. The summed E-state index contributed by atoms with van der Waals surface area (Å²) in [5.41, 5.74) is -5.01. The average molecular weight is 532 g/mol. The monoisotopic (exact) mass is 532 g/mol. The van der Waals surface area contributed by atoms with E-state index in [1.807, 2.05) is 18.9 Å². The number of rotatable bonds is 6. The zero-order valence-electron chi connectivity index (χ0n) is 19.7. The first-order valence-corrected chi connectivity index (χ1v) is 12.2. The van der Waals surface area contributed by atoms with Crippen LogP contribution in [0.2, 0.25) is 0 Å². The quantitative estimate of drug-likeness (QED) is 0.314. The van der Waals surface area contributed by atoms with Gasteiger partial charge in [-0.3, -0.25) is 9.47 Å². The summed E-state index contributed by atoms with van der Waals surface area (Å²) in [7, 11) is -3.45. The Kier molecular flexibility index (Phi) is 6.45. The van der Waals surface area contributed by atoms with Crippen LogP contribution in [0.25, 0.3) is 11.3 Å². The van der Waals surface area contributed by atoms with Gasteiger partial charge in [-0.05, 0) is 25.5 Å². The van der Waals surface area contributed by atoms with E-state index in [9.17, 15) is 31.2 Å². The maximum Gasteiger partial charge on any atom is 0.534 e. The third-order valence-corrected chi connectivity index (χ3v) is 6.89. The molecule has 0 aliphatic carbocycles. The molecule has 2 aliphatic rings. The minimum Gasteiger partial charge on any atom is -0.483 e. The van der Waals surface area contributed by atoms with E-state index < -0.39 is 38.9 Å². The molecule has 0 radical (unpaired) electrons. The molecule has 0 fully saturated rings.